The van der Waals surface area contributed by atoms with Gasteiger partial charge < -0.3 is 5.73 Å². The predicted octanol–water partition coefficient (Wildman–Crippen LogP) is 0.835. The third-order valence-corrected chi connectivity index (χ3v) is 0.586. The van der Waals surface area contributed by atoms with Crippen LogP contribution < -0.4 is 5.73 Å². The summed E-state index contributed by atoms with van der Waals surface area (Å²) in [4.78, 5) is 0. The second-order valence-electron chi connectivity index (χ2n) is 1.26. The number of nitrogens with zero attached hydrogens (tertiary/aromatic N) is 1. The molecule has 3 heteroatoms. The molecule has 0 aromatic carbocycles. The number of nitrogens with two attached hydrogens (primary N) is 1. The molecule has 0 bridgehead atoms. The van der Waals surface area contributed by atoms with Crippen LogP contribution in [0.15, 0.2) is 12.7 Å². The van der Waals surface area contributed by atoms with Crippen molar-refractivity contribution in [1.29, 1.82) is 5.26 Å². The Bertz CT molecular complexity index is 95.1. The van der Waals surface area contributed by atoms with Gasteiger partial charge in [0.1, 0.15) is 0 Å². The Kier molecular flexibility index (Phi) is 8.47. The molecule has 0 aromatic heterocycles. The number of rotatable bonds is 2. The summed E-state index contributed by atoms with van der Waals surface area (Å²) < 4.78 is 0. The lowest BCUT2D eigenvalue weighted by atomic mass is 10.2. The van der Waals surface area contributed by atoms with E-state index in [-0.39, 0.29) is 18.4 Å². The Balaban J connectivity index is 0. The smallest absolute Gasteiger partial charge is 0.0962 e. The maximum Gasteiger partial charge on any atom is 0.0962 e. The van der Waals surface area contributed by atoms with Crippen LogP contribution in [0.3, 0.4) is 0 Å². The van der Waals surface area contributed by atoms with E-state index in [0.717, 1.165) is 0 Å². The lowest BCUT2D eigenvalue weighted by molar-refractivity contribution is 0.849. The highest BCUT2D eigenvalue weighted by molar-refractivity contribution is 5.85. The summed E-state index contributed by atoms with van der Waals surface area (Å²) in [7, 11) is 0. The van der Waals surface area contributed by atoms with Crippen molar-refractivity contribution >= 4 is 12.4 Å². The van der Waals surface area contributed by atoms with Gasteiger partial charge in [-0.2, -0.15) is 5.26 Å². The fourth-order valence-corrected chi connectivity index (χ4v) is 0.232. The fraction of sp³-hybridized carbons (Fsp3) is 0.400. The van der Waals surface area contributed by atoms with Gasteiger partial charge in [-0.15, -0.1) is 19.0 Å². The highest BCUT2D eigenvalue weighted by Crippen LogP contribution is 1.82. The molecule has 0 saturated heterocycles. The third-order valence-electron chi connectivity index (χ3n) is 0.586. The Hall–Kier alpha value is -0.520. The van der Waals surface area contributed by atoms with Gasteiger partial charge in [0.05, 0.1) is 12.1 Å². The summed E-state index contributed by atoms with van der Waals surface area (Å²) in [6.07, 6.45) is 2.21. The van der Waals surface area contributed by atoms with E-state index in [1.807, 2.05) is 6.07 Å². The van der Waals surface area contributed by atoms with Gasteiger partial charge in [0.15, 0.2) is 0 Å². The van der Waals surface area contributed by atoms with Crippen molar-refractivity contribution in [1.82, 2.24) is 0 Å². The first-order chi connectivity index (χ1) is 3.31. The largest absolute Gasteiger partial charge is 0.316 e. The van der Waals surface area contributed by atoms with E-state index < -0.39 is 0 Å². The van der Waals surface area contributed by atoms with Crippen LogP contribution in [0.2, 0.25) is 0 Å². The zero-order valence-corrected chi connectivity index (χ0v) is 5.32. The maximum absolute atomic E-state index is 8.04. The van der Waals surface area contributed by atoms with E-state index in [1.165, 1.54) is 0 Å². The van der Waals surface area contributed by atoms with Crippen LogP contribution in [-0.2, 0) is 0 Å². The van der Waals surface area contributed by atoms with Gasteiger partial charge in [-0.1, -0.05) is 6.08 Å². The monoisotopic (exact) mass is 132 g/mol. The van der Waals surface area contributed by atoms with E-state index in [9.17, 15) is 0 Å². The minimum Gasteiger partial charge on any atom is -0.316 e. The molecule has 0 radical (unpaired) electrons. The molecule has 46 valence electrons. The van der Waals surface area contributed by atoms with Crippen molar-refractivity contribution in [2.45, 2.75) is 12.5 Å². The van der Waals surface area contributed by atoms with E-state index in [2.05, 4.69) is 6.58 Å². The predicted molar refractivity (Wildman–Crippen MR) is 35.7 cm³/mol. The Labute approximate surface area is 55.4 Å². The summed E-state index contributed by atoms with van der Waals surface area (Å²) >= 11 is 0. The topological polar surface area (TPSA) is 49.8 Å². The molecule has 8 heavy (non-hydrogen) atoms. The SMILES string of the molecule is C=CC[C@@H](N)C#N.Cl. The van der Waals surface area contributed by atoms with Crippen LogP contribution in [0.4, 0.5) is 0 Å². The molecule has 0 spiro atoms. The summed E-state index contributed by atoms with van der Waals surface area (Å²) in [6, 6.07) is 1.51. The highest BCUT2D eigenvalue weighted by atomic mass is 35.5. The molecule has 0 unspecified atom stereocenters. The molecule has 0 amide bonds. The first-order valence-electron chi connectivity index (χ1n) is 2.07. The average Bonchev–Trinajstić information content (AvgIpc) is 1.68. The second kappa shape index (κ2) is 6.48. The van der Waals surface area contributed by atoms with Crippen LogP contribution in [0.25, 0.3) is 0 Å². The van der Waals surface area contributed by atoms with Gasteiger partial charge in [0.2, 0.25) is 0 Å². The minimum absolute atomic E-state index is 0. The van der Waals surface area contributed by atoms with Crippen LogP contribution in [-0.4, -0.2) is 6.04 Å². The molecule has 0 aliphatic carbocycles. The molecule has 1 atom stereocenters. The number of halogens is 1. The molecule has 0 aliphatic rings. The molecule has 2 N–H and O–H groups in total. The van der Waals surface area contributed by atoms with E-state index >= 15 is 0 Å². The molecule has 0 rings (SSSR count). The van der Waals surface area contributed by atoms with E-state index in [1.54, 1.807) is 6.08 Å². The zero-order valence-electron chi connectivity index (χ0n) is 4.50. The van der Waals surface area contributed by atoms with E-state index in [4.69, 9.17) is 11.0 Å². The highest BCUT2D eigenvalue weighted by Gasteiger charge is 1.90. The first kappa shape index (κ1) is 10.5. The Morgan fingerprint density at radius 2 is 2.38 bits per heavy atom. The summed E-state index contributed by atoms with van der Waals surface area (Å²) in [5.41, 5.74) is 5.15. The summed E-state index contributed by atoms with van der Waals surface area (Å²) in [5.74, 6) is 0. The van der Waals surface area contributed by atoms with Crippen LogP contribution in [0.5, 0.6) is 0 Å². The van der Waals surface area contributed by atoms with Crippen molar-refractivity contribution in [3.63, 3.8) is 0 Å². The zero-order chi connectivity index (χ0) is 5.70. The molecular weight excluding hydrogens is 124 g/mol. The van der Waals surface area contributed by atoms with Gasteiger partial charge >= 0.3 is 0 Å². The fourth-order valence-electron chi connectivity index (χ4n) is 0.232. The van der Waals surface area contributed by atoms with Crippen LogP contribution in [0, 0.1) is 11.3 Å². The van der Waals surface area contributed by atoms with Crippen molar-refractivity contribution in [2.24, 2.45) is 5.73 Å². The number of hydrogen-bond acceptors (Lipinski definition) is 2. The Morgan fingerprint density at radius 3 is 2.50 bits per heavy atom. The molecule has 0 heterocycles. The molecule has 2 nitrogen and oxygen atoms in total. The average molecular weight is 133 g/mol. The van der Waals surface area contributed by atoms with E-state index in [0.29, 0.717) is 6.42 Å². The normalized spacial score (nSPS) is 10.5. The quantitative estimate of drug-likeness (QED) is 0.566. The Morgan fingerprint density at radius 1 is 1.88 bits per heavy atom. The summed E-state index contributed by atoms with van der Waals surface area (Å²) in [6.45, 7) is 3.42. The van der Waals surface area contributed by atoms with Gasteiger partial charge in [-0.3, -0.25) is 0 Å². The lowest BCUT2D eigenvalue weighted by Crippen LogP contribution is -2.15. The molecular formula is C5H9ClN2. The first-order valence-corrected chi connectivity index (χ1v) is 2.07. The van der Waals surface area contributed by atoms with Gasteiger partial charge in [0, 0.05) is 0 Å². The molecule has 0 saturated carbocycles. The van der Waals surface area contributed by atoms with Crippen molar-refractivity contribution < 1.29 is 0 Å². The van der Waals surface area contributed by atoms with Gasteiger partial charge in [-0.25, -0.2) is 0 Å². The van der Waals surface area contributed by atoms with Gasteiger partial charge in [0.25, 0.3) is 0 Å². The third kappa shape index (κ3) is 5.48. The standard InChI is InChI=1S/C5H8N2.ClH/c1-2-3-5(7)4-6;/h2,5H,1,3,7H2;1H/t5-;/m1./s1. The van der Waals surface area contributed by atoms with Crippen LogP contribution in [0.1, 0.15) is 6.42 Å². The molecule has 0 aliphatic heterocycles. The number of nitriles is 1. The maximum atomic E-state index is 8.04. The molecule has 0 fully saturated rings. The minimum atomic E-state index is -0.363. The van der Waals surface area contributed by atoms with Crippen molar-refractivity contribution in [3.8, 4) is 6.07 Å². The lowest BCUT2D eigenvalue weighted by Gasteiger charge is -1.90. The molecule has 0 aromatic rings. The summed E-state index contributed by atoms with van der Waals surface area (Å²) in [5, 5.41) is 8.04. The van der Waals surface area contributed by atoms with Crippen molar-refractivity contribution in [3.05, 3.63) is 12.7 Å². The second-order valence-corrected chi connectivity index (χ2v) is 1.26. The van der Waals surface area contributed by atoms with Crippen LogP contribution >= 0.6 is 12.4 Å². The van der Waals surface area contributed by atoms with Gasteiger partial charge in [-0.05, 0) is 6.42 Å². The number of hydrogen-bond donors (Lipinski definition) is 1. The van der Waals surface area contributed by atoms with Crippen molar-refractivity contribution in [2.75, 3.05) is 0 Å².